The molecular formula is C15H17N5O7S. The standard InChI is InChI=1S/C15H17N5O7S/c16-11(21)7-17-13(22)8-1-3-9(4-2-8)18-15(24)19-6-5-10-12(19)14(23)20(10)28(25,26)27/h1-4,10,12H,5-7H2,(H2,16,21)(H,17,22)(H,18,24)(H,25,26,27)/t10-,12+/m1/s1. The number of likely N-dealkylation sites (tertiary alicyclic amines) is 1. The first-order valence-corrected chi connectivity index (χ1v) is 9.54. The number of rotatable bonds is 5. The second-order valence-electron chi connectivity index (χ2n) is 6.26. The van der Waals surface area contributed by atoms with Crippen LogP contribution in [0.5, 0.6) is 0 Å². The number of benzene rings is 1. The Hall–Kier alpha value is -3.19. The molecule has 0 aliphatic carbocycles. The molecule has 5 N–H and O–H groups in total. The van der Waals surface area contributed by atoms with Crippen molar-refractivity contribution in [2.45, 2.75) is 18.5 Å². The van der Waals surface area contributed by atoms with Crippen LogP contribution in [0.4, 0.5) is 10.5 Å². The molecule has 12 nitrogen and oxygen atoms in total. The van der Waals surface area contributed by atoms with E-state index in [1.807, 2.05) is 0 Å². The molecule has 2 atom stereocenters. The van der Waals surface area contributed by atoms with Crippen molar-refractivity contribution in [3.63, 3.8) is 0 Å². The Kier molecular flexibility index (Phi) is 4.95. The van der Waals surface area contributed by atoms with E-state index < -0.39 is 46.1 Å². The van der Waals surface area contributed by atoms with E-state index in [-0.39, 0.29) is 25.1 Å². The average molecular weight is 411 g/mol. The van der Waals surface area contributed by atoms with Crippen LogP contribution in [0.2, 0.25) is 0 Å². The summed E-state index contributed by atoms with van der Waals surface area (Å²) in [5.74, 6) is -2.05. The fourth-order valence-electron chi connectivity index (χ4n) is 3.21. The minimum Gasteiger partial charge on any atom is -0.368 e. The van der Waals surface area contributed by atoms with Crippen LogP contribution in [-0.2, 0) is 19.9 Å². The van der Waals surface area contributed by atoms with Gasteiger partial charge >= 0.3 is 16.3 Å². The Bertz CT molecular complexity index is 946. The minimum absolute atomic E-state index is 0.145. The number of primary amides is 1. The molecule has 0 unspecified atom stereocenters. The van der Waals surface area contributed by atoms with Gasteiger partial charge < -0.3 is 21.3 Å². The molecule has 1 aromatic rings. The number of β-lactam (4-membered cyclic amide) rings is 1. The lowest BCUT2D eigenvalue weighted by Crippen LogP contribution is -2.68. The maximum Gasteiger partial charge on any atom is 0.362 e. The van der Waals surface area contributed by atoms with Gasteiger partial charge in [-0.1, -0.05) is 0 Å². The summed E-state index contributed by atoms with van der Waals surface area (Å²) < 4.78 is 31.8. The van der Waals surface area contributed by atoms with Crippen molar-refractivity contribution in [1.82, 2.24) is 14.5 Å². The summed E-state index contributed by atoms with van der Waals surface area (Å²) in [7, 11) is -4.64. The maximum atomic E-state index is 12.4. The number of hydrogen-bond acceptors (Lipinski definition) is 6. The van der Waals surface area contributed by atoms with Gasteiger partial charge in [-0.25, -0.2) is 9.10 Å². The van der Waals surface area contributed by atoms with Crippen molar-refractivity contribution in [1.29, 1.82) is 0 Å². The van der Waals surface area contributed by atoms with Crippen LogP contribution in [0.15, 0.2) is 24.3 Å². The molecule has 28 heavy (non-hydrogen) atoms. The second kappa shape index (κ2) is 7.09. The fraction of sp³-hybridized carbons (Fsp3) is 0.333. The highest BCUT2D eigenvalue weighted by molar-refractivity contribution is 7.84. The van der Waals surface area contributed by atoms with Crippen molar-refractivity contribution < 1.29 is 32.1 Å². The number of carbonyl (C=O) groups excluding carboxylic acids is 4. The van der Waals surface area contributed by atoms with Crippen molar-refractivity contribution in [3.05, 3.63) is 29.8 Å². The van der Waals surface area contributed by atoms with Crippen LogP contribution in [0, 0.1) is 0 Å². The Morgan fingerprint density at radius 1 is 1.21 bits per heavy atom. The predicted molar refractivity (Wildman–Crippen MR) is 94.3 cm³/mol. The number of nitrogens with one attached hydrogen (secondary N) is 2. The molecule has 2 aliphatic rings. The topological polar surface area (TPSA) is 179 Å². The first-order chi connectivity index (χ1) is 13.1. The van der Waals surface area contributed by atoms with E-state index in [1.165, 1.54) is 29.2 Å². The molecule has 2 aliphatic heterocycles. The molecule has 0 spiro atoms. The molecule has 0 aromatic heterocycles. The second-order valence-corrected chi connectivity index (χ2v) is 7.55. The van der Waals surface area contributed by atoms with E-state index in [2.05, 4.69) is 10.6 Å². The van der Waals surface area contributed by atoms with E-state index in [0.29, 0.717) is 9.99 Å². The molecule has 5 amide bonds. The van der Waals surface area contributed by atoms with Gasteiger partial charge in [0.15, 0.2) is 0 Å². The monoisotopic (exact) mass is 411 g/mol. The lowest BCUT2D eigenvalue weighted by atomic mass is 10.0. The third kappa shape index (κ3) is 3.61. The van der Waals surface area contributed by atoms with Gasteiger partial charge in [0, 0.05) is 17.8 Å². The zero-order chi connectivity index (χ0) is 20.6. The first-order valence-electron chi connectivity index (χ1n) is 8.14. The van der Waals surface area contributed by atoms with Gasteiger partial charge in [-0.3, -0.25) is 18.9 Å². The van der Waals surface area contributed by atoms with Crippen LogP contribution in [0.1, 0.15) is 16.8 Å². The van der Waals surface area contributed by atoms with Crippen LogP contribution in [0.25, 0.3) is 0 Å². The zero-order valence-corrected chi connectivity index (χ0v) is 15.2. The SMILES string of the molecule is NC(=O)CNC(=O)c1ccc(NC(=O)N2CC[C@@H]3[C@H]2C(=O)N3S(=O)(=O)O)cc1. The number of urea groups is 1. The van der Waals surface area contributed by atoms with Gasteiger partial charge in [0.1, 0.15) is 6.04 Å². The lowest BCUT2D eigenvalue weighted by Gasteiger charge is -2.42. The largest absolute Gasteiger partial charge is 0.368 e. The highest BCUT2D eigenvalue weighted by atomic mass is 32.2. The van der Waals surface area contributed by atoms with Gasteiger partial charge in [0.05, 0.1) is 12.6 Å². The number of nitrogens with two attached hydrogens (primary N) is 1. The van der Waals surface area contributed by atoms with E-state index in [1.54, 1.807) is 0 Å². The highest BCUT2D eigenvalue weighted by Gasteiger charge is 2.60. The summed E-state index contributed by atoms with van der Waals surface area (Å²) in [6.45, 7) is -0.157. The Balaban J connectivity index is 1.61. The van der Waals surface area contributed by atoms with Crippen LogP contribution < -0.4 is 16.4 Å². The highest BCUT2D eigenvalue weighted by Crippen LogP contribution is 2.35. The van der Waals surface area contributed by atoms with Gasteiger partial charge in [-0.2, -0.15) is 8.42 Å². The van der Waals surface area contributed by atoms with Crippen molar-refractivity contribution >= 4 is 39.7 Å². The summed E-state index contributed by atoms with van der Waals surface area (Å²) in [5, 5.41) is 4.88. The third-order valence-corrected chi connectivity index (χ3v) is 5.42. The van der Waals surface area contributed by atoms with E-state index >= 15 is 0 Å². The molecule has 3 rings (SSSR count). The van der Waals surface area contributed by atoms with Gasteiger partial charge in [-0.15, -0.1) is 0 Å². The van der Waals surface area contributed by atoms with E-state index in [4.69, 9.17) is 10.3 Å². The van der Waals surface area contributed by atoms with Crippen molar-refractivity contribution in [2.24, 2.45) is 5.73 Å². The Labute approximate surface area is 159 Å². The summed E-state index contributed by atoms with van der Waals surface area (Å²) in [4.78, 5) is 48.0. The average Bonchev–Trinajstić information content (AvgIpc) is 2.97. The van der Waals surface area contributed by atoms with Crippen molar-refractivity contribution in [2.75, 3.05) is 18.4 Å². The predicted octanol–water partition coefficient (Wildman–Crippen LogP) is -1.48. The normalized spacial score (nSPS) is 21.0. The smallest absolute Gasteiger partial charge is 0.362 e. The number of fused-ring (bicyclic) bond motifs is 1. The zero-order valence-electron chi connectivity index (χ0n) is 14.4. The van der Waals surface area contributed by atoms with Gasteiger partial charge in [-0.05, 0) is 30.7 Å². The number of anilines is 1. The molecule has 2 heterocycles. The number of carbonyl (C=O) groups is 4. The maximum absolute atomic E-state index is 12.4. The van der Waals surface area contributed by atoms with Crippen LogP contribution in [0.3, 0.4) is 0 Å². The number of hydrogen-bond donors (Lipinski definition) is 4. The Morgan fingerprint density at radius 2 is 1.86 bits per heavy atom. The van der Waals surface area contributed by atoms with E-state index in [0.717, 1.165) is 0 Å². The summed E-state index contributed by atoms with van der Waals surface area (Å²) >= 11 is 0. The summed E-state index contributed by atoms with van der Waals surface area (Å²) in [6.07, 6.45) is 0.225. The van der Waals surface area contributed by atoms with Crippen LogP contribution in [-0.4, -0.2) is 71.1 Å². The molecule has 0 radical (unpaired) electrons. The Morgan fingerprint density at radius 3 is 2.43 bits per heavy atom. The quantitative estimate of drug-likeness (QED) is 0.337. The summed E-state index contributed by atoms with van der Waals surface area (Å²) in [5.41, 5.74) is 5.54. The molecule has 150 valence electrons. The lowest BCUT2D eigenvalue weighted by molar-refractivity contribution is -0.143. The molecule has 0 saturated carbocycles. The molecule has 2 saturated heterocycles. The molecule has 2 fully saturated rings. The van der Waals surface area contributed by atoms with Crippen molar-refractivity contribution in [3.8, 4) is 0 Å². The number of amides is 5. The molecule has 0 bridgehead atoms. The fourth-order valence-corrected chi connectivity index (χ4v) is 4.11. The minimum atomic E-state index is -4.64. The first kappa shape index (κ1) is 19.6. The third-order valence-electron chi connectivity index (χ3n) is 4.47. The van der Waals surface area contributed by atoms with Crippen LogP contribution >= 0.6 is 0 Å². The molecular weight excluding hydrogens is 394 g/mol. The number of nitrogens with zero attached hydrogens (tertiary/aromatic N) is 2. The van der Waals surface area contributed by atoms with Gasteiger partial charge in [0.2, 0.25) is 5.91 Å². The molecule has 1 aromatic carbocycles. The summed E-state index contributed by atoms with van der Waals surface area (Å²) in [6, 6.07) is 3.43. The van der Waals surface area contributed by atoms with E-state index in [9.17, 15) is 27.6 Å². The molecule has 13 heteroatoms. The van der Waals surface area contributed by atoms with Gasteiger partial charge in [0.25, 0.3) is 11.8 Å².